The first-order valence-electron chi connectivity index (χ1n) is 11.4. The van der Waals surface area contributed by atoms with E-state index >= 15 is 0 Å². The zero-order valence-electron chi connectivity index (χ0n) is 19.4. The Morgan fingerprint density at radius 1 is 1.03 bits per heavy atom. The number of hydrogen-bond acceptors (Lipinski definition) is 4. The number of carbonyl (C=O) groups is 3. The SMILES string of the molecule is CCC(CC(=O)O)NC(=O)C(C)(CC)CNC(=O)OCC1c2ccccc2-c2ccccc21. The molecule has 7 nitrogen and oxygen atoms in total. The molecule has 0 aromatic heterocycles. The van der Waals surface area contributed by atoms with Crippen LogP contribution in [0.3, 0.4) is 0 Å². The average Bonchev–Trinajstić information content (AvgIpc) is 3.14. The largest absolute Gasteiger partial charge is 0.481 e. The molecule has 0 spiro atoms. The lowest BCUT2D eigenvalue weighted by Crippen LogP contribution is -2.49. The zero-order valence-corrected chi connectivity index (χ0v) is 19.4. The minimum atomic E-state index is -0.961. The van der Waals surface area contributed by atoms with Gasteiger partial charge in [-0.2, -0.15) is 0 Å². The number of amides is 2. The van der Waals surface area contributed by atoms with Gasteiger partial charge in [0.05, 0.1) is 11.8 Å². The number of fused-ring (bicyclic) bond motifs is 3. The van der Waals surface area contributed by atoms with E-state index in [0.29, 0.717) is 12.8 Å². The van der Waals surface area contributed by atoms with E-state index in [1.807, 2.05) is 38.1 Å². The van der Waals surface area contributed by atoms with Gasteiger partial charge >= 0.3 is 12.1 Å². The van der Waals surface area contributed by atoms with Gasteiger partial charge in [0, 0.05) is 18.5 Å². The second-order valence-corrected chi connectivity index (χ2v) is 8.77. The number of alkyl carbamates (subject to hydrolysis) is 1. The van der Waals surface area contributed by atoms with Gasteiger partial charge in [-0.3, -0.25) is 9.59 Å². The van der Waals surface area contributed by atoms with Crippen molar-refractivity contribution in [2.24, 2.45) is 5.41 Å². The maximum absolute atomic E-state index is 12.8. The Morgan fingerprint density at radius 3 is 2.12 bits per heavy atom. The highest BCUT2D eigenvalue weighted by Gasteiger charge is 2.34. The smallest absolute Gasteiger partial charge is 0.407 e. The predicted molar refractivity (Wildman–Crippen MR) is 126 cm³/mol. The number of carbonyl (C=O) groups excluding carboxylic acids is 2. The van der Waals surface area contributed by atoms with Crippen molar-refractivity contribution in [3.63, 3.8) is 0 Å². The monoisotopic (exact) mass is 452 g/mol. The third-order valence-corrected chi connectivity index (χ3v) is 6.54. The molecule has 0 fully saturated rings. The van der Waals surface area contributed by atoms with Crippen LogP contribution < -0.4 is 10.6 Å². The van der Waals surface area contributed by atoms with Crippen molar-refractivity contribution in [1.82, 2.24) is 10.6 Å². The summed E-state index contributed by atoms with van der Waals surface area (Å²) in [6, 6.07) is 15.8. The molecule has 176 valence electrons. The zero-order chi connectivity index (χ0) is 24.0. The molecule has 2 amide bonds. The fraction of sp³-hybridized carbons (Fsp3) is 0.423. The maximum atomic E-state index is 12.8. The lowest BCUT2D eigenvalue weighted by molar-refractivity contribution is -0.138. The summed E-state index contributed by atoms with van der Waals surface area (Å²) in [5.74, 6) is -1.28. The molecular weight excluding hydrogens is 420 g/mol. The predicted octanol–water partition coefficient (Wildman–Crippen LogP) is 4.31. The van der Waals surface area contributed by atoms with Crippen LogP contribution in [0.15, 0.2) is 48.5 Å². The molecule has 2 atom stereocenters. The van der Waals surface area contributed by atoms with E-state index in [-0.39, 0.29) is 31.4 Å². The van der Waals surface area contributed by atoms with Crippen molar-refractivity contribution in [1.29, 1.82) is 0 Å². The fourth-order valence-corrected chi connectivity index (χ4v) is 4.15. The van der Waals surface area contributed by atoms with E-state index in [1.54, 1.807) is 6.92 Å². The van der Waals surface area contributed by atoms with Crippen LogP contribution in [-0.2, 0) is 14.3 Å². The summed E-state index contributed by atoms with van der Waals surface area (Å²) in [7, 11) is 0. The lowest BCUT2D eigenvalue weighted by Gasteiger charge is -2.29. The summed E-state index contributed by atoms with van der Waals surface area (Å²) >= 11 is 0. The number of benzene rings is 2. The third-order valence-electron chi connectivity index (χ3n) is 6.54. The first-order chi connectivity index (χ1) is 15.8. The molecular formula is C26H32N2O5. The number of nitrogens with one attached hydrogen (secondary N) is 2. The van der Waals surface area contributed by atoms with Crippen LogP contribution in [0.5, 0.6) is 0 Å². The van der Waals surface area contributed by atoms with Gasteiger partial charge in [-0.1, -0.05) is 62.4 Å². The quantitative estimate of drug-likeness (QED) is 0.498. The molecule has 1 aliphatic rings. The van der Waals surface area contributed by atoms with Crippen LogP contribution in [0.2, 0.25) is 0 Å². The summed E-state index contributed by atoms with van der Waals surface area (Å²) in [5, 5.41) is 14.5. The standard InChI is InChI=1S/C26H32N2O5/c1-4-17(14-23(29)30)28-24(31)26(3,5-2)16-27-25(32)33-15-22-20-12-8-6-10-18(20)19-11-7-9-13-21(19)22/h6-13,17,22H,4-5,14-16H2,1-3H3,(H,27,32)(H,28,31)(H,29,30). The molecule has 0 aliphatic heterocycles. The van der Waals surface area contributed by atoms with Crippen molar-refractivity contribution >= 4 is 18.0 Å². The topological polar surface area (TPSA) is 105 Å². The fourth-order valence-electron chi connectivity index (χ4n) is 4.15. The van der Waals surface area contributed by atoms with E-state index in [9.17, 15) is 14.4 Å². The van der Waals surface area contributed by atoms with Crippen molar-refractivity contribution in [3.05, 3.63) is 59.7 Å². The highest BCUT2D eigenvalue weighted by atomic mass is 16.5. The minimum Gasteiger partial charge on any atom is -0.481 e. The molecule has 0 radical (unpaired) electrons. The van der Waals surface area contributed by atoms with Gasteiger partial charge < -0.3 is 20.5 Å². The molecule has 7 heteroatoms. The van der Waals surface area contributed by atoms with Crippen molar-refractivity contribution < 1.29 is 24.2 Å². The van der Waals surface area contributed by atoms with Crippen LogP contribution in [0.1, 0.15) is 57.1 Å². The number of rotatable bonds is 10. The van der Waals surface area contributed by atoms with Crippen LogP contribution in [0.4, 0.5) is 4.79 Å². The Bertz CT molecular complexity index is 976. The van der Waals surface area contributed by atoms with Crippen molar-refractivity contribution in [2.45, 2.75) is 52.0 Å². The van der Waals surface area contributed by atoms with Gasteiger partial charge in [-0.05, 0) is 42.0 Å². The lowest BCUT2D eigenvalue weighted by atomic mass is 9.86. The highest BCUT2D eigenvalue weighted by Crippen LogP contribution is 2.44. The average molecular weight is 453 g/mol. The molecule has 33 heavy (non-hydrogen) atoms. The van der Waals surface area contributed by atoms with E-state index < -0.39 is 23.5 Å². The molecule has 0 saturated heterocycles. The second kappa shape index (κ2) is 10.5. The van der Waals surface area contributed by atoms with E-state index in [1.165, 1.54) is 0 Å². The van der Waals surface area contributed by atoms with Crippen LogP contribution in [-0.4, -0.2) is 42.3 Å². The van der Waals surface area contributed by atoms with Gasteiger partial charge in [0.2, 0.25) is 5.91 Å². The summed E-state index contributed by atoms with van der Waals surface area (Å²) in [4.78, 5) is 36.3. The first kappa shape index (κ1) is 24.3. The van der Waals surface area contributed by atoms with Crippen LogP contribution >= 0.6 is 0 Å². The maximum Gasteiger partial charge on any atom is 0.407 e. The Kier molecular flexibility index (Phi) is 7.74. The Labute approximate surface area is 194 Å². The third kappa shape index (κ3) is 5.53. The van der Waals surface area contributed by atoms with Gasteiger partial charge in [0.25, 0.3) is 0 Å². The molecule has 0 saturated carbocycles. The van der Waals surface area contributed by atoms with Gasteiger partial charge in [-0.25, -0.2) is 4.79 Å². The summed E-state index contributed by atoms with van der Waals surface area (Å²) in [5.41, 5.74) is 3.70. The van der Waals surface area contributed by atoms with Crippen LogP contribution in [0, 0.1) is 5.41 Å². The molecule has 1 aliphatic carbocycles. The van der Waals surface area contributed by atoms with Gasteiger partial charge in [-0.15, -0.1) is 0 Å². The Morgan fingerprint density at radius 2 is 1.61 bits per heavy atom. The van der Waals surface area contributed by atoms with Crippen molar-refractivity contribution in [2.75, 3.05) is 13.2 Å². The summed E-state index contributed by atoms with van der Waals surface area (Å²) < 4.78 is 5.55. The van der Waals surface area contributed by atoms with E-state index in [4.69, 9.17) is 9.84 Å². The van der Waals surface area contributed by atoms with Crippen molar-refractivity contribution in [3.8, 4) is 11.1 Å². The van der Waals surface area contributed by atoms with E-state index in [0.717, 1.165) is 22.3 Å². The molecule has 2 aromatic carbocycles. The minimum absolute atomic E-state index is 0.0367. The summed E-state index contributed by atoms with van der Waals surface area (Å²) in [6.07, 6.45) is 0.271. The highest BCUT2D eigenvalue weighted by molar-refractivity contribution is 5.84. The number of hydrogen-bond donors (Lipinski definition) is 3. The van der Waals surface area contributed by atoms with Crippen LogP contribution in [0.25, 0.3) is 11.1 Å². The Hall–Kier alpha value is -3.35. The number of carboxylic acids is 1. The number of ether oxygens (including phenoxy) is 1. The molecule has 0 heterocycles. The normalized spacial score (nSPS) is 15.0. The number of carboxylic acid groups (broad SMARTS) is 1. The molecule has 3 rings (SSSR count). The summed E-state index contributed by atoms with van der Waals surface area (Å²) in [6.45, 7) is 5.73. The number of aliphatic carboxylic acids is 1. The van der Waals surface area contributed by atoms with Gasteiger partial charge in [0.1, 0.15) is 6.61 Å². The molecule has 0 bridgehead atoms. The van der Waals surface area contributed by atoms with E-state index in [2.05, 4.69) is 34.9 Å². The van der Waals surface area contributed by atoms with Gasteiger partial charge in [0.15, 0.2) is 0 Å². The molecule has 2 unspecified atom stereocenters. The Balaban J connectivity index is 1.58. The first-order valence-corrected chi connectivity index (χ1v) is 11.4. The molecule has 3 N–H and O–H groups in total. The second-order valence-electron chi connectivity index (χ2n) is 8.77. The molecule has 2 aromatic rings.